The van der Waals surface area contributed by atoms with Gasteiger partial charge in [0.2, 0.25) is 11.2 Å². The van der Waals surface area contributed by atoms with Gasteiger partial charge < -0.3 is 14.5 Å². The molecular formula is C17H22ClN5O2. The largest absolute Gasteiger partial charge is 0.495 e. The third kappa shape index (κ3) is 4.04. The summed E-state index contributed by atoms with van der Waals surface area (Å²) in [6.07, 6.45) is 0.905. The molecule has 0 aliphatic carbocycles. The predicted molar refractivity (Wildman–Crippen MR) is 96.1 cm³/mol. The lowest BCUT2D eigenvalue weighted by atomic mass is 10.1. The molecule has 1 unspecified atom stereocenters. The minimum Gasteiger partial charge on any atom is -0.495 e. The SMILES string of the molecule is COc1ccccc1N1CCN(C(=O)CCc2nc(Cl)n[nH]2)C(C)C1. The number of carbonyl (C=O) groups is 1. The van der Waals surface area contributed by atoms with Crippen molar-refractivity contribution in [3.8, 4) is 5.75 Å². The second-order valence-electron chi connectivity index (χ2n) is 6.11. The highest BCUT2D eigenvalue weighted by Crippen LogP contribution is 2.29. The Morgan fingerprint density at radius 3 is 2.88 bits per heavy atom. The number of rotatable bonds is 5. The first-order valence-electron chi connectivity index (χ1n) is 8.32. The maximum atomic E-state index is 12.5. The molecule has 1 aromatic heterocycles. The van der Waals surface area contributed by atoms with E-state index in [9.17, 15) is 4.79 Å². The van der Waals surface area contributed by atoms with E-state index in [0.717, 1.165) is 24.5 Å². The molecule has 1 amide bonds. The number of halogens is 1. The number of aromatic amines is 1. The number of anilines is 1. The van der Waals surface area contributed by atoms with Gasteiger partial charge in [-0.3, -0.25) is 9.89 Å². The number of amides is 1. The van der Waals surface area contributed by atoms with Crippen LogP contribution in [0.1, 0.15) is 19.2 Å². The topological polar surface area (TPSA) is 74.3 Å². The van der Waals surface area contributed by atoms with E-state index in [1.807, 2.05) is 23.1 Å². The van der Waals surface area contributed by atoms with E-state index in [1.165, 1.54) is 0 Å². The number of aromatic nitrogens is 3. The van der Waals surface area contributed by atoms with Crippen LogP contribution in [0.25, 0.3) is 0 Å². The van der Waals surface area contributed by atoms with E-state index in [2.05, 4.69) is 33.1 Å². The first-order chi connectivity index (χ1) is 12.1. The normalized spacial score (nSPS) is 17.6. The number of carbonyl (C=O) groups excluding carboxylic acids is 1. The number of nitrogens with zero attached hydrogens (tertiary/aromatic N) is 4. The van der Waals surface area contributed by atoms with Gasteiger partial charge in [-0.25, -0.2) is 4.98 Å². The van der Waals surface area contributed by atoms with Crippen LogP contribution >= 0.6 is 11.6 Å². The van der Waals surface area contributed by atoms with Crippen molar-refractivity contribution in [2.45, 2.75) is 25.8 Å². The first-order valence-corrected chi connectivity index (χ1v) is 8.70. The zero-order valence-electron chi connectivity index (χ0n) is 14.4. The van der Waals surface area contributed by atoms with Gasteiger partial charge in [0, 0.05) is 38.5 Å². The number of para-hydroxylation sites is 2. The van der Waals surface area contributed by atoms with E-state index in [4.69, 9.17) is 16.3 Å². The summed E-state index contributed by atoms with van der Waals surface area (Å²) in [5.41, 5.74) is 1.07. The van der Waals surface area contributed by atoms with E-state index in [0.29, 0.717) is 25.2 Å². The van der Waals surface area contributed by atoms with Crippen LogP contribution in [0.15, 0.2) is 24.3 Å². The van der Waals surface area contributed by atoms with Gasteiger partial charge >= 0.3 is 0 Å². The monoisotopic (exact) mass is 363 g/mol. The van der Waals surface area contributed by atoms with Crippen LogP contribution in [0.2, 0.25) is 5.28 Å². The summed E-state index contributed by atoms with van der Waals surface area (Å²) in [4.78, 5) is 20.8. The minimum absolute atomic E-state index is 0.125. The zero-order chi connectivity index (χ0) is 17.8. The fourth-order valence-corrected chi connectivity index (χ4v) is 3.34. The van der Waals surface area contributed by atoms with Crippen molar-refractivity contribution < 1.29 is 9.53 Å². The quantitative estimate of drug-likeness (QED) is 0.880. The predicted octanol–water partition coefficient (Wildman–Crippen LogP) is 2.14. The fraction of sp³-hybridized carbons (Fsp3) is 0.471. The molecule has 0 spiro atoms. The van der Waals surface area contributed by atoms with Crippen molar-refractivity contribution in [3.63, 3.8) is 0 Å². The van der Waals surface area contributed by atoms with Gasteiger partial charge in [-0.2, -0.15) is 0 Å². The minimum atomic E-state index is 0.125. The number of hydrogen-bond acceptors (Lipinski definition) is 5. The summed E-state index contributed by atoms with van der Waals surface area (Å²) in [5.74, 6) is 1.62. The van der Waals surface area contributed by atoms with Crippen LogP contribution in [0.4, 0.5) is 5.69 Å². The highest BCUT2D eigenvalue weighted by atomic mass is 35.5. The fourth-order valence-electron chi connectivity index (χ4n) is 3.19. The Kier molecular flexibility index (Phi) is 5.43. The van der Waals surface area contributed by atoms with Crippen LogP contribution < -0.4 is 9.64 Å². The molecule has 8 heteroatoms. The standard InChI is InChI=1S/C17H22ClN5O2/c1-12-11-22(13-5-3-4-6-14(13)25-2)9-10-23(12)16(24)8-7-15-19-17(18)21-20-15/h3-6,12H,7-11H2,1-2H3,(H,19,20,21). The summed E-state index contributed by atoms with van der Waals surface area (Å²) >= 11 is 5.68. The molecule has 0 radical (unpaired) electrons. The van der Waals surface area contributed by atoms with Crippen molar-refractivity contribution in [3.05, 3.63) is 35.4 Å². The van der Waals surface area contributed by atoms with Crippen molar-refractivity contribution in [2.24, 2.45) is 0 Å². The first kappa shape index (κ1) is 17.5. The van der Waals surface area contributed by atoms with Crippen molar-refractivity contribution >= 4 is 23.2 Å². The summed E-state index contributed by atoms with van der Waals surface area (Å²) < 4.78 is 5.45. The number of aryl methyl sites for hydroxylation is 1. The second kappa shape index (κ2) is 7.74. The maximum absolute atomic E-state index is 12.5. The molecule has 7 nitrogen and oxygen atoms in total. The summed E-state index contributed by atoms with van der Waals surface area (Å²) in [6.45, 7) is 4.32. The molecule has 1 aliphatic heterocycles. The number of methoxy groups -OCH3 is 1. The van der Waals surface area contributed by atoms with Gasteiger partial charge in [0.25, 0.3) is 0 Å². The number of benzene rings is 1. The highest BCUT2D eigenvalue weighted by molar-refractivity contribution is 6.28. The van der Waals surface area contributed by atoms with E-state index in [-0.39, 0.29) is 17.2 Å². The molecule has 25 heavy (non-hydrogen) atoms. The Balaban J connectivity index is 1.58. The third-order valence-electron chi connectivity index (χ3n) is 4.45. The zero-order valence-corrected chi connectivity index (χ0v) is 15.2. The van der Waals surface area contributed by atoms with Crippen molar-refractivity contribution in [1.29, 1.82) is 0 Å². The molecule has 3 rings (SSSR count). The van der Waals surface area contributed by atoms with Crippen LogP contribution in [-0.4, -0.2) is 58.8 Å². The van der Waals surface area contributed by atoms with Crippen LogP contribution in [0.3, 0.4) is 0 Å². The van der Waals surface area contributed by atoms with Gasteiger partial charge in [-0.1, -0.05) is 12.1 Å². The van der Waals surface area contributed by atoms with Gasteiger partial charge in [0.05, 0.1) is 12.8 Å². The molecule has 2 heterocycles. The Morgan fingerprint density at radius 1 is 1.40 bits per heavy atom. The van der Waals surface area contributed by atoms with E-state index >= 15 is 0 Å². The third-order valence-corrected chi connectivity index (χ3v) is 4.62. The molecule has 1 atom stereocenters. The molecule has 1 aromatic carbocycles. The average Bonchev–Trinajstić information content (AvgIpc) is 3.05. The maximum Gasteiger partial charge on any atom is 0.242 e. The van der Waals surface area contributed by atoms with Crippen molar-refractivity contribution in [1.82, 2.24) is 20.1 Å². The van der Waals surface area contributed by atoms with Gasteiger partial charge in [-0.15, -0.1) is 5.10 Å². The molecule has 1 fully saturated rings. The van der Waals surface area contributed by atoms with Gasteiger partial charge in [0.1, 0.15) is 11.6 Å². The smallest absolute Gasteiger partial charge is 0.242 e. The molecule has 1 aliphatic rings. The average molecular weight is 364 g/mol. The Bertz CT molecular complexity index is 735. The molecule has 2 aromatic rings. The number of piperazine rings is 1. The second-order valence-corrected chi connectivity index (χ2v) is 6.44. The molecule has 0 saturated carbocycles. The summed E-state index contributed by atoms with van der Waals surface area (Å²) in [5, 5.41) is 6.68. The number of H-pyrrole nitrogens is 1. The highest BCUT2D eigenvalue weighted by Gasteiger charge is 2.28. The Morgan fingerprint density at radius 2 is 2.20 bits per heavy atom. The lowest BCUT2D eigenvalue weighted by Crippen LogP contribution is -2.54. The van der Waals surface area contributed by atoms with E-state index in [1.54, 1.807) is 7.11 Å². The number of nitrogens with one attached hydrogen (secondary N) is 1. The molecule has 1 saturated heterocycles. The van der Waals surface area contributed by atoms with Gasteiger partial charge in [-0.05, 0) is 30.7 Å². The Labute approximate surface area is 151 Å². The van der Waals surface area contributed by atoms with Crippen LogP contribution in [0.5, 0.6) is 5.75 Å². The molecule has 1 N–H and O–H groups in total. The Hall–Kier alpha value is -2.28. The molecule has 134 valence electrons. The van der Waals surface area contributed by atoms with Gasteiger partial charge in [0.15, 0.2) is 0 Å². The van der Waals surface area contributed by atoms with Crippen LogP contribution in [-0.2, 0) is 11.2 Å². The van der Waals surface area contributed by atoms with Crippen LogP contribution in [0, 0.1) is 0 Å². The number of ether oxygens (including phenoxy) is 1. The van der Waals surface area contributed by atoms with Crippen molar-refractivity contribution in [2.75, 3.05) is 31.6 Å². The summed E-state index contributed by atoms with van der Waals surface area (Å²) in [6, 6.07) is 8.10. The number of hydrogen-bond donors (Lipinski definition) is 1. The van der Waals surface area contributed by atoms with E-state index < -0.39 is 0 Å². The molecular weight excluding hydrogens is 342 g/mol. The lowest BCUT2D eigenvalue weighted by Gasteiger charge is -2.41. The molecule has 0 bridgehead atoms. The lowest BCUT2D eigenvalue weighted by molar-refractivity contribution is -0.133. The summed E-state index contributed by atoms with van der Waals surface area (Å²) in [7, 11) is 1.68.